The van der Waals surface area contributed by atoms with E-state index in [1.807, 2.05) is 0 Å². The minimum absolute atomic E-state index is 0.630. The van der Waals surface area contributed by atoms with Gasteiger partial charge in [0.1, 0.15) is 12.4 Å². The van der Waals surface area contributed by atoms with E-state index < -0.39 is 0 Å². The van der Waals surface area contributed by atoms with Crippen LogP contribution in [-0.4, -0.2) is 26.2 Å². The topological polar surface area (TPSA) is 15.7 Å². The number of anilines is 2. The molecule has 3 nitrogen and oxygen atoms in total. The van der Waals surface area contributed by atoms with E-state index in [1.54, 1.807) is 0 Å². The molecule has 0 atom stereocenters. The van der Waals surface area contributed by atoms with Crippen LogP contribution in [0.1, 0.15) is 44.1 Å². The summed E-state index contributed by atoms with van der Waals surface area (Å²) in [5.74, 6) is 1.03. The van der Waals surface area contributed by atoms with Crippen molar-refractivity contribution in [1.29, 1.82) is 0 Å². The molecule has 4 rings (SSSR count). The number of hydrogen-bond acceptors (Lipinski definition) is 3. The van der Waals surface area contributed by atoms with Gasteiger partial charge in [-0.15, -0.1) is 0 Å². The quantitative estimate of drug-likeness (QED) is 0.733. The summed E-state index contributed by atoms with van der Waals surface area (Å²) in [5, 5.41) is 0. The van der Waals surface area contributed by atoms with Gasteiger partial charge in [0.05, 0.1) is 5.69 Å². The molecule has 2 aliphatic heterocycles. The highest BCUT2D eigenvalue weighted by Gasteiger charge is 2.19. The first kappa shape index (κ1) is 17.3. The Kier molecular flexibility index (Phi) is 5.63. The fourth-order valence-corrected chi connectivity index (χ4v) is 4.09. The van der Waals surface area contributed by atoms with Gasteiger partial charge in [-0.2, -0.15) is 0 Å². The average molecular weight is 351 g/mol. The maximum absolute atomic E-state index is 6.27. The van der Waals surface area contributed by atoms with E-state index in [4.69, 9.17) is 4.74 Å². The molecule has 2 saturated heterocycles. The summed E-state index contributed by atoms with van der Waals surface area (Å²) in [6, 6.07) is 17.3. The maximum Gasteiger partial charge on any atom is 0.143 e. The van der Waals surface area contributed by atoms with Crippen LogP contribution < -0.4 is 14.5 Å². The van der Waals surface area contributed by atoms with Gasteiger partial charge in [-0.1, -0.05) is 43.2 Å². The average Bonchev–Trinajstić information content (AvgIpc) is 3.10. The van der Waals surface area contributed by atoms with Crippen LogP contribution in [0.3, 0.4) is 0 Å². The van der Waals surface area contributed by atoms with Gasteiger partial charge in [0.15, 0.2) is 0 Å². The van der Waals surface area contributed by atoms with Gasteiger partial charge in [0.25, 0.3) is 0 Å². The van der Waals surface area contributed by atoms with E-state index in [2.05, 4.69) is 58.3 Å². The molecule has 0 radical (unpaired) electrons. The first-order chi connectivity index (χ1) is 12.9. The Hall–Kier alpha value is -2.16. The largest absolute Gasteiger partial charge is 0.487 e. The van der Waals surface area contributed by atoms with Crippen LogP contribution >= 0.6 is 0 Å². The van der Waals surface area contributed by atoms with Gasteiger partial charge in [0.2, 0.25) is 0 Å². The highest BCUT2D eigenvalue weighted by atomic mass is 16.5. The third kappa shape index (κ3) is 4.14. The predicted molar refractivity (Wildman–Crippen MR) is 109 cm³/mol. The van der Waals surface area contributed by atoms with Gasteiger partial charge in [0, 0.05) is 31.9 Å². The molecule has 0 aliphatic carbocycles. The molecule has 138 valence electrons. The zero-order valence-electron chi connectivity index (χ0n) is 15.7. The summed E-state index contributed by atoms with van der Waals surface area (Å²) in [7, 11) is 0. The molecule has 2 heterocycles. The smallest absolute Gasteiger partial charge is 0.143 e. The van der Waals surface area contributed by atoms with Crippen molar-refractivity contribution in [2.24, 2.45) is 0 Å². The zero-order chi connectivity index (χ0) is 17.6. The van der Waals surface area contributed by atoms with E-state index in [0.717, 1.165) is 18.8 Å². The van der Waals surface area contributed by atoms with E-state index >= 15 is 0 Å². The van der Waals surface area contributed by atoms with E-state index in [-0.39, 0.29) is 0 Å². The Labute approximate surface area is 157 Å². The Bertz CT molecular complexity index is 687. The summed E-state index contributed by atoms with van der Waals surface area (Å²) >= 11 is 0. The fourth-order valence-electron chi connectivity index (χ4n) is 4.09. The van der Waals surface area contributed by atoms with Crippen molar-refractivity contribution < 1.29 is 4.74 Å². The van der Waals surface area contributed by atoms with Gasteiger partial charge in [-0.25, -0.2) is 0 Å². The lowest BCUT2D eigenvalue weighted by atomic mass is 10.2. The molecule has 0 N–H and O–H groups in total. The van der Waals surface area contributed by atoms with E-state index in [1.165, 1.54) is 68.6 Å². The first-order valence-corrected chi connectivity index (χ1v) is 10.2. The Morgan fingerprint density at radius 3 is 2.08 bits per heavy atom. The van der Waals surface area contributed by atoms with Crippen molar-refractivity contribution in [3.63, 3.8) is 0 Å². The molecule has 0 spiro atoms. The molecule has 0 bridgehead atoms. The van der Waals surface area contributed by atoms with E-state index in [0.29, 0.717) is 6.61 Å². The molecule has 2 aliphatic rings. The molecule has 0 aromatic heterocycles. The van der Waals surface area contributed by atoms with Crippen LogP contribution in [0.2, 0.25) is 0 Å². The summed E-state index contributed by atoms with van der Waals surface area (Å²) < 4.78 is 6.27. The molecule has 3 heteroatoms. The van der Waals surface area contributed by atoms with Crippen LogP contribution in [0.15, 0.2) is 48.5 Å². The minimum atomic E-state index is 0.630. The second-order valence-corrected chi connectivity index (χ2v) is 7.52. The lowest BCUT2D eigenvalue weighted by molar-refractivity contribution is 0.306. The van der Waals surface area contributed by atoms with Crippen molar-refractivity contribution in [2.45, 2.75) is 45.1 Å². The maximum atomic E-state index is 6.27. The minimum Gasteiger partial charge on any atom is -0.487 e. The van der Waals surface area contributed by atoms with Crippen molar-refractivity contribution >= 4 is 11.4 Å². The SMILES string of the molecule is c1ccc(COc2ccc(N3CCCC3)cc2N2CCCCCC2)cc1. The van der Waals surface area contributed by atoms with Crippen LogP contribution in [0, 0.1) is 0 Å². The first-order valence-electron chi connectivity index (χ1n) is 10.2. The molecule has 2 aromatic rings. The predicted octanol–water partition coefficient (Wildman–Crippen LogP) is 5.25. The lowest BCUT2D eigenvalue weighted by Crippen LogP contribution is -2.25. The number of benzene rings is 2. The monoisotopic (exact) mass is 350 g/mol. The molecule has 0 saturated carbocycles. The Morgan fingerprint density at radius 2 is 1.35 bits per heavy atom. The van der Waals surface area contributed by atoms with Crippen LogP contribution in [-0.2, 0) is 6.61 Å². The standard InChI is InChI=1S/C23H30N2O/c1-2-7-17-25(16-6-1)22-18-21(24-14-8-9-15-24)12-13-23(22)26-19-20-10-4-3-5-11-20/h3-5,10-13,18H,1-2,6-9,14-17,19H2. The Balaban J connectivity index is 1.58. The Morgan fingerprint density at radius 1 is 0.692 bits per heavy atom. The summed E-state index contributed by atoms with van der Waals surface area (Å²) in [4.78, 5) is 5.06. The summed E-state index contributed by atoms with van der Waals surface area (Å²) in [6.45, 7) is 5.29. The molecular weight excluding hydrogens is 320 g/mol. The van der Waals surface area contributed by atoms with E-state index in [9.17, 15) is 0 Å². The fraction of sp³-hybridized carbons (Fsp3) is 0.478. The molecule has 2 aromatic carbocycles. The number of rotatable bonds is 5. The number of hydrogen-bond donors (Lipinski definition) is 0. The third-order valence-corrected chi connectivity index (χ3v) is 5.60. The van der Waals surface area contributed by atoms with Crippen molar-refractivity contribution in [3.8, 4) is 5.75 Å². The third-order valence-electron chi connectivity index (χ3n) is 5.60. The van der Waals surface area contributed by atoms with Crippen molar-refractivity contribution in [3.05, 3.63) is 54.1 Å². The number of ether oxygens (including phenoxy) is 1. The van der Waals surface area contributed by atoms with Crippen molar-refractivity contribution in [1.82, 2.24) is 0 Å². The second kappa shape index (κ2) is 8.48. The second-order valence-electron chi connectivity index (χ2n) is 7.52. The number of nitrogens with zero attached hydrogens (tertiary/aromatic N) is 2. The zero-order valence-corrected chi connectivity index (χ0v) is 15.7. The van der Waals surface area contributed by atoms with Gasteiger partial charge in [-0.05, 0) is 49.4 Å². The molecule has 0 amide bonds. The van der Waals surface area contributed by atoms with Crippen LogP contribution in [0.4, 0.5) is 11.4 Å². The van der Waals surface area contributed by atoms with Gasteiger partial charge < -0.3 is 14.5 Å². The highest BCUT2D eigenvalue weighted by Crippen LogP contribution is 2.35. The molecule has 26 heavy (non-hydrogen) atoms. The normalized spacial score (nSPS) is 18.0. The van der Waals surface area contributed by atoms with Crippen molar-refractivity contribution in [2.75, 3.05) is 36.0 Å². The molecule has 0 unspecified atom stereocenters. The lowest BCUT2D eigenvalue weighted by Gasteiger charge is -2.28. The molecular formula is C23H30N2O. The van der Waals surface area contributed by atoms with Gasteiger partial charge in [-0.3, -0.25) is 0 Å². The van der Waals surface area contributed by atoms with Crippen LogP contribution in [0.25, 0.3) is 0 Å². The molecule has 2 fully saturated rings. The summed E-state index contributed by atoms with van der Waals surface area (Å²) in [5.41, 5.74) is 3.86. The highest BCUT2D eigenvalue weighted by molar-refractivity contribution is 5.67. The van der Waals surface area contributed by atoms with Crippen LogP contribution in [0.5, 0.6) is 5.75 Å². The summed E-state index contributed by atoms with van der Waals surface area (Å²) in [6.07, 6.45) is 7.89. The van der Waals surface area contributed by atoms with Gasteiger partial charge >= 0.3 is 0 Å².